The fourth-order valence-electron chi connectivity index (χ4n) is 3.10. The molecule has 1 heterocycles. The van der Waals surface area contributed by atoms with Crippen molar-refractivity contribution in [2.75, 3.05) is 5.32 Å². The molecule has 1 atom stereocenters. The molecule has 0 saturated carbocycles. The molecule has 1 amide bonds. The number of hydrogen-bond donors (Lipinski definition) is 1. The minimum atomic E-state index is -4.87. The summed E-state index contributed by atoms with van der Waals surface area (Å²) in [5.41, 5.74) is 0.409. The van der Waals surface area contributed by atoms with Crippen LogP contribution in [0.3, 0.4) is 0 Å². The van der Waals surface area contributed by atoms with Gasteiger partial charge in [0.15, 0.2) is 5.16 Å². The fraction of sp³-hybridized carbons (Fsp3) is 0.238. The quantitative estimate of drug-likeness (QED) is 0.294. The highest BCUT2D eigenvalue weighted by molar-refractivity contribution is 8.00. The number of nitro benzene ring substituents is 1. The number of nitrogens with one attached hydrogen (secondary N) is 1. The molecule has 0 radical (unpaired) electrons. The molecule has 0 bridgehead atoms. The van der Waals surface area contributed by atoms with E-state index in [-0.39, 0.29) is 0 Å². The normalized spacial score (nSPS) is 12.4. The summed E-state index contributed by atoms with van der Waals surface area (Å²) in [5, 5.41) is 12.8. The van der Waals surface area contributed by atoms with Crippen molar-refractivity contribution < 1.29 is 22.9 Å². The minimum Gasteiger partial charge on any atom is -0.325 e. The number of nitrogens with zero attached hydrogens (tertiary/aromatic N) is 3. The van der Waals surface area contributed by atoms with E-state index in [1.165, 1.54) is 0 Å². The second-order valence-corrected chi connectivity index (χ2v) is 8.47. The van der Waals surface area contributed by atoms with Crippen molar-refractivity contribution in [3.05, 3.63) is 75.6 Å². The Balaban J connectivity index is 1.81. The van der Waals surface area contributed by atoms with Gasteiger partial charge >= 0.3 is 6.18 Å². The van der Waals surface area contributed by atoms with E-state index < -0.39 is 39.2 Å². The molecule has 0 aliphatic carbocycles. The lowest BCUT2D eigenvalue weighted by Crippen LogP contribution is -2.24. The molecule has 3 aromatic rings. The Morgan fingerprint density at radius 1 is 1.19 bits per heavy atom. The standard InChI is InChI=1S/C21H19F3N4O3S/c1-12-8-13(2)10-16(9-12)27-7-6-25-20(27)32-14(3)19(29)26-18-5-4-15(28(30)31)11-17(18)21(22,23)24/h4-11,14H,1-3H3,(H,26,29). The first-order valence-corrected chi connectivity index (χ1v) is 10.3. The van der Waals surface area contributed by atoms with Gasteiger partial charge in [-0.05, 0) is 50.1 Å². The molecule has 0 fully saturated rings. The van der Waals surface area contributed by atoms with Crippen molar-refractivity contribution in [1.29, 1.82) is 0 Å². The van der Waals surface area contributed by atoms with E-state index in [4.69, 9.17) is 0 Å². The summed E-state index contributed by atoms with van der Waals surface area (Å²) >= 11 is 1.08. The van der Waals surface area contributed by atoms with E-state index in [1.807, 2.05) is 32.0 Å². The first-order valence-electron chi connectivity index (χ1n) is 9.41. The zero-order valence-electron chi connectivity index (χ0n) is 17.3. The Kier molecular flexibility index (Phi) is 6.58. The number of halogens is 3. The average molecular weight is 464 g/mol. The van der Waals surface area contributed by atoms with E-state index in [0.717, 1.165) is 40.7 Å². The third kappa shape index (κ3) is 5.28. The van der Waals surface area contributed by atoms with Crippen LogP contribution in [0.5, 0.6) is 0 Å². The van der Waals surface area contributed by atoms with Crippen LogP contribution in [0.1, 0.15) is 23.6 Å². The lowest BCUT2D eigenvalue weighted by atomic mass is 10.1. The van der Waals surface area contributed by atoms with Crippen LogP contribution in [0.2, 0.25) is 0 Å². The van der Waals surface area contributed by atoms with Gasteiger partial charge in [-0.25, -0.2) is 4.98 Å². The summed E-state index contributed by atoms with van der Waals surface area (Å²) in [7, 11) is 0. The largest absolute Gasteiger partial charge is 0.418 e. The molecular weight excluding hydrogens is 445 g/mol. The molecule has 0 saturated heterocycles. The lowest BCUT2D eigenvalue weighted by Gasteiger charge is -2.16. The third-order valence-corrected chi connectivity index (χ3v) is 5.60. The molecule has 32 heavy (non-hydrogen) atoms. The second-order valence-electron chi connectivity index (χ2n) is 7.16. The van der Waals surface area contributed by atoms with Crippen LogP contribution in [0.25, 0.3) is 5.69 Å². The number of hydrogen-bond acceptors (Lipinski definition) is 5. The van der Waals surface area contributed by atoms with Gasteiger partial charge < -0.3 is 5.32 Å². The van der Waals surface area contributed by atoms with E-state index in [0.29, 0.717) is 11.2 Å². The van der Waals surface area contributed by atoms with Gasteiger partial charge in [-0.2, -0.15) is 13.2 Å². The van der Waals surface area contributed by atoms with E-state index >= 15 is 0 Å². The molecule has 1 unspecified atom stereocenters. The van der Waals surface area contributed by atoms with Crippen LogP contribution < -0.4 is 5.32 Å². The van der Waals surface area contributed by atoms with Crippen LogP contribution in [0.15, 0.2) is 53.9 Å². The molecule has 2 aromatic carbocycles. The van der Waals surface area contributed by atoms with E-state index in [9.17, 15) is 28.1 Å². The highest BCUT2D eigenvalue weighted by atomic mass is 32.2. The lowest BCUT2D eigenvalue weighted by molar-refractivity contribution is -0.385. The number of thioether (sulfide) groups is 1. The van der Waals surface area contributed by atoms with E-state index in [1.54, 1.807) is 23.9 Å². The molecule has 7 nitrogen and oxygen atoms in total. The molecule has 3 rings (SSSR count). The number of carbonyl (C=O) groups excluding carboxylic acids is 1. The topological polar surface area (TPSA) is 90.1 Å². The van der Waals surface area contributed by atoms with Crippen LogP contribution in [-0.2, 0) is 11.0 Å². The predicted molar refractivity (Wildman–Crippen MR) is 115 cm³/mol. The number of rotatable bonds is 6. The Bertz CT molecular complexity index is 1160. The highest BCUT2D eigenvalue weighted by Crippen LogP contribution is 2.37. The Morgan fingerprint density at radius 3 is 2.44 bits per heavy atom. The SMILES string of the molecule is Cc1cc(C)cc(-n2ccnc2SC(C)C(=O)Nc2ccc([N+](=O)[O-])cc2C(F)(F)F)c1. The first kappa shape index (κ1) is 23.3. The Labute approximate surface area is 185 Å². The number of alkyl halides is 3. The maximum atomic E-state index is 13.4. The third-order valence-electron chi connectivity index (χ3n) is 4.52. The number of imidazole rings is 1. The van der Waals surface area contributed by atoms with Crippen molar-refractivity contribution in [3.63, 3.8) is 0 Å². The zero-order chi connectivity index (χ0) is 23.6. The van der Waals surface area contributed by atoms with Crippen molar-refractivity contribution in [2.24, 2.45) is 0 Å². The van der Waals surface area contributed by atoms with Crippen LogP contribution in [0.4, 0.5) is 24.5 Å². The summed E-state index contributed by atoms with van der Waals surface area (Å²) in [5.74, 6) is -0.690. The summed E-state index contributed by atoms with van der Waals surface area (Å²) in [4.78, 5) is 26.8. The highest BCUT2D eigenvalue weighted by Gasteiger charge is 2.36. The smallest absolute Gasteiger partial charge is 0.325 e. The van der Waals surface area contributed by atoms with Gasteiger partial charge in [-0.1, -0.05) is 17.8 Å². The fourth-order valence-corrected chi connectivity index (χ4v) is 3.98. The molecular formula is C21H19F3N4O3S. The van der Waals surface area contributed by atoms with Gasteiger partial charge in [0.1, 0.15) is 0 Å². The van der Waals surface area contributed by atoms with Gasteiger partial charge in [-0.15, -0.1) is 0 Å². The second kappa shape index (κ2) is 9.03. The van der Waals surface area contributed by atoms with Gasteiger partial charge in [0.05, 0.1) is 21.4 Å². The van der Waals surface area contributed by atoms with Crippen molar-refractivity contribution >= 4 is 29.0 Å². The van der Waals surface area contributed by atoms with Crippen molar-refractivity contribution in [1.82, 2.24) is 9.55 Å². The summed E-state index contributed by atoms with van der Waals surface area (Å²) in [6.07, 6.45) is -1.56. The van der Waals surface area contributed by atoms with Gasteiger partial charge in [0, 0.05) is 30.2 Å². The van der Waals surface area contributed by atoms with E-state index in [2.05, 4.69) is 10.3 Å². The molecule has 168 valence electrons. The van der Waals surface area contributed by atoms with Gasteiger partial charge in [0.25, 0.3) is 5.69 Å². The number of aryl methyl sites for hydroxylation is 2. The molecule has 0 aliphatic rings. The number of nitro groups is 1. The molecule has 0 aliphatic heterocycles. The first-order chi connectivity index (χ1) is 15.0. The Hall–Kier alpha value is -3.34. The number of aromatic nitrogens is 2. The van der Waals surface area contributed by atoms with Crippen LogP contribution in [-0.4, -0.2) is 25.6 Å². The number of anilines is 1. The molecule has 1 N–H and O–H groups in total. The predicted octanol–water partition coefficient (Wildman–Crippen LogP) is 5.54. The summed E-state index contributed by atoms with van der Waals surface area (Å²) in [6, 6.07) is 8.13. The minimum absolute atomic E-state index is 0.403. The number of amides is 1. The van der Waals surface area contributed by atoms with Gasteiger partial charge in [0.2, 0.25) is 5.91 Å². The van der Waals surface area contributed by atoms with Crippen molar-refractivity contribution in [3.8, 4) is 5.69 Å². The molecule has 0 spiro atoms. The van der Waals surface area contributed by atoms with Crippen molar-refractivity contribution in [2.45, 2.75) is 37.4 Å². The summed E-state index contributed by atoms with van der Waals surface area (Å²) < 4.78 is 41.9. The monoisotopic (exact) mass is 464 g/mol. The Morgan fingerprint density at radius 2 is 1.84 bits per heavy atom. The molecule has 11 heteroatoms. The average Bonchev–Trinajstić information content (AvgIpc) is 3.14. The number of carbonyl (C=O) groups is 1. The maximum Gasteiger partial charge on any atom is 0.418 e. The summed E-state index contributed by atoms with van der Waals surface area (Å²) in [6.45, 7) is 5.46. The maximum absolute atomic E-state index is 13.4. The zero-order valence-corrected chi connectivity index (χ0v) is 18.1. The van der Waals surface area contributed by atoms with Gasteiger partial charge in [-0.3, -0.25) is 19.5 Å². The van der Waals surface area contributed by atoms with Crippen LogP contribution >= 0.6 is 11.8 Å². The molecule has 1 aromatic heterocycles. The number of benzene rings is 2. The number of non-ortho nitro benzene ring substituents is 1. The van der Waals surface area contributed by atoms with Crippen LogP contribution in [0, 0.1) is 24.0 Å².